The van der Waals surface area contributed by atoms with Gasteiger partial charge < -0.3 is 20.1 Å². The van der Waals surface area contributed by atoms with Crippen LogP contribution >= 0.6 is 0 Å². The van der Waals surface area contributed by atoms with Crippen LogP contribution in [0.1, 0.15) is 6.42 Å². The molecule has 3 N–H and O–H groups in total. The van der Waals surface area contributed by atoms with Gasteiger partial charge in [0.2, 0.25) is 0 Å². The lowest BCUT2D eigenvalue weighted by atomic mass is 10.2. The second-order valence-corrected chi connectivity index (χ2v) is 2.14. The van der Waals surface area contributed by atoms with Crippen molar-refractivity contribution in [3.63, 3.8) is 0 Å². The molecule has 58 valence electrons. The van der Waals surface area contributed by atoms with Crippen molar-refractivity contribution >= 4 is 0 Å². The monoisotopic (exact) mass is 146 g/mol. The average molecular weight is 146 g/mol. The van der Waals surface area contributed by atoms with Crippen molar-refractivity contribution in [3.8, 4) is 0 Å². The lowest BCUT2D eigenvalue weighted by Crippen LogP contribution is -2.11. The SMILES string of the molecule is OCCC1OCC(O)=C1O. The van der Waals surface area contributed by atoms with Gasteiger partial charge in [0, 0.05) is 13.0 Å². The molecule has 0 radical (unpaired) electrons. The largest absolute Gasteiger partial charge is 0.506 e. The van der Waals surface area contributed by atoms with Gasteiger partial charge in [-0.3, -0.25) is 0 Å². The molecular weight excluding hydrogens is 136 g/mol. The highest BCUT2D eigenvalue weighted by Gasteiger charge is 2.24. The van der Waals surface area contributed by atoms with E-state index in [2.05, 4.69) is 0 Å². The summed E-state index contributed by atoms with van der Waals surface area (Å²) in [5, 5.41) is 26.2. The smallest absolute Gasteiger partial charge is 0.161 e. The van der Waals surface area contributed by atoms with E-state index in [1.807, 2.05) is 0 Å². The van der Waals surface area contributed by atoms with E-state index in [9.17, 15) is 0 Å². The van der Waals surface area contributed by atoms with Gasteiger partial charge in [-0.1, -0.05) is 0 Å². The molecule has 1 unspecified atom stereocenters. The fourth-order valence-electron chi connectivity index (χ4n) is 0.856. The summed E-state index contributed by atoms with van der Waals surface area (Å²) in [6.45, 7) is -0.00148. The van der Waals surface area contributed by atoms with Gasteiger partial charge in [0.25, 0.3) is 0 Å². The number of hydrogen-bond acceptors (Lipinski definition) is 4. The van der Waals surface area contributed by atoms with Crippen LogP contribution in [0.4, 0.5) is 0 Å². The molecule has 0 fully saturated rings. The summed E-state index contributed by atoms with van der Waals surface area (Å²) in [6.07, 6.45) is -0.180. The topological polar surface area (TPSA) is 69.9 Å². The van der Waals surface area contributed by atoms with Crippen LogP contribution in [0.25, 0.3) is 0 Å². The Morgan fingerprint density at radius 1 is 1.50 bits per heavy atom. The van der Waals surface area contributed by atoms with Crippen LogP contribution in [0, 0.1) is 0 Å². The third-order valence-corrected chi connectivity index (χ3v) is 1.41. The Kier molecular flexibility index (Phi) is 2.13. The van der Waals surface area contributed by atoms with E-state index in [4.69, 9.17) is 20.1 Å². The van der Waals surface area contributed by atoms with Crippen LogP contribution in [0.15, 0.2) is 11.5 Å². The maximum Gasteiger partial charge on any atom is 0.161 e. The summed E-state index contributed by atoms with van der Waals surface area (Å²) in [7, 11) is 0. The normalized spacial score (nSPS) is 25.9. The maximum atomic E-state index is 8.98. The molecule has 1 heterocycles. The van der Waals surface area contributed by atoms with E-state index < -0.39 is 6.10 Å². The zero-order valence-corrected chi connectivity index (χ0v) is 5.45. The van der Waals surface area contributed by atoms with Gasteiger partial charge in [0.05, 0.1) is 0 Å². The number of ether oxygens (including phenoxy) is 1. The zero-order valence-electron chi connectivity index (χ0n) is 5.45. The average Bonchev–Trinajstić information content (AvgIpc) is 2.20. The standard InChI is InChI=1S/C6H10O4/c7-2-1-5-6(9)4(8)3-10-5/h5,7-9H,1-3H2. The van der Waals surface area contributed by atoms with E-state index in [-0.39, 0.29) is 24.7 Å². The molecule has 1 atom stereocenters. The van der Waals surface area contributed by atoms with Crippen LogP contribution in [-0.2, 0) is 4.74 Å². The molecular formula is C6H10O4. The number of aliphatic hydroxyl groups excluding tert-OH is 3. The predicted octanol–water partition coefficient (Wildman–Crippen LogP) is 0.0952. The van der Waals surface area contributed by atoms with Crippen LogP contribution in [0.3, 0.4) is 0 Å². The Bertz CT molecular complexity index is 152. The van der Waals surface area contributed by atoms with Crippen molar-refractivity contribution in [2.75, 3.05) is 13.2 Å². The van der Waals surface area contributed by atoms with Crippen LogP contribution < -0.4 is 0 Å². The quantitative estimate of drug-likeness (QED) is 0.516. The predicted molar refractivity (Wildman–Crippen MR) is 33.7 cm³/mol. The highest BCUT2D eigenvalue weighted by molar-refractivity contribution is 5.09. The molecule has 0 aliphatic carbocycles. The third-order valence-electron chi connectivity index (χ3n) is 1.41. The molecule has 0 aromatic rings. The Morgan fingerprint density at radius 2 is 2.20 bits per heavy atom. The Balaban J connectivity index is 2.50. The Labute approximate surface area is 58.4 Å². The molecule has 0 saturated heterocycles. The molecule has 4 heteroatoms. The fraction of sp³-hybridized carbons (Fsp3) is 0.667. The van der Waals surface area contributed by atoms with E-state index in [0.29, 0.717) is 6.42 Å². The molecule has 0 amide bonds. The van der Waals surface area contributed by atoms with E-state index in [1.165, 1.54) is 0 Å². The Hall–Kier alpha value is -0.740. The molecule has 0 aromatic heterocycles. The zero-order chi connectivity index (χ0) is 7.56. The molecule has 10 heavy (non-hydrogen) atoms. The van der Waals surface area contributed by atoms with Gasteiger partial charge in [0.15, 0.2) is 11.5 Å². The number of aliphatic hydroxyl groups is 3. The lowest BCUT2D eigenvalue weighted by molar-refractivity contribution is 0.0698. The van der Waals surface area contributed by atoms with Gasteiger partial charge in [-0.05, 0) is 0 Å². The summed E-state index contributed by atoms with van der Waals surface area (Å²) in [5.74, 6) is -0.271. The molecule has 1 rings (SSSR count). The second-order valence-electron chi connectivity index (χ2n) is 2.14. The first-order valence-corrected chi connectivity index (χ1v) is 3.09. The minimum absolute atomic E-state index is 0.0521. The minimum Gasteiger partial charge on any atom is -0.506 e. The lowest BCUT2D eigenvalue weighted by Gasteiger charge is -2.05. The summed E-state index contributed by atoms with van der Waals surface area (Å²) in [5.41, 5.74) is 0. The van der Waals surface area contributed by atoms with Gasteiger partial charge >= 0.3 is 0 Å². The highest BCUT2D eigenvalue weighted by atomic mass is 16.5. The summed E-state index contributed by atoms with van der Waals surface area (Å²) < 4.78 is 4.88. The first kappa shape index (κ1) is 7.37. The van der Waals surface area contributed by atoms with E-state index in [0.717, 1.165) is 0 Å². The van der Waals surface area contributed by atoms with Gasteiger partial charge in [-0.15, -0.1) is 0 Å². The first-order valence-electron chi connectivity index (χ1n) is 3.09. The van der Waals surface area contributed by atoms with Gasteiger partial charge in [0.1, 0.15) is 12.7 Å². The molecule has 0 aromatic carbocycles. The maximum absolute atomic E-state index is 8.98. The van der Waals surface area contributed by atoms with Crippen LogP contribution in [0.2, 0.25) is 0 Å². The van der Waals surface area contributed by atoms with Crippen molar-refractivity contribution in [1.29, 1.82) is 0 Å². The van der Waals surface area contributed by atoms with Crippen molar-refractivity contribution < 1.29 is 20.1 Å². The Morgan fingerprint density at radius 3 is 2.60 bits per heavy atom. The van der Waals surface area contributed by atoms with Crippen LogP contribution in [0.5, 0.6) is 0 Å². The van der Waals surface area contributed by atoms with Crippen molar-refractivity contribution in [3.05, 3.63) is 11.5 Å². The summed E-state index contributed by atoms with van der Waals surface area (Å²) >= 11 is 0. The van der Waals surface area contributed by atoms with Crippen LogP contribution in [-0.4, -0.2) is 34.6 Å². The molecule has 0 saturated carbocycles. The van der Waals surface area contributed by atoms with Crippen molar-refractivity contribution in [2.24, 2.45) is 0 Å². The molecule has 1 aliphatic rings. The summed E-state index contributed by atoms with van der Waals surface area (Å²) in [4.78, 5) is 0. The fourth-order valence-corrected chi connectivity index (χ4v) is 0.856. The summed E-state index contributed by atoms with van der Waals surface area (Å²) in [6, 6.07) is 0. The number of rotatable bonds is 2. The molecule has 0 spiro atoms. The second kappa shape index (κ2) is 2.90. The molecule has 0 bridgehead atoms. The first-order chi connectivity index (χ1) is 4.75. The van der Waals surface area contributed by atoms with E-state index in [1.54, 1.807) is 0 Å². The molecule has 1 aliphatic heterocycles. The third kappa shape index (κ3) is 1.22. The van der Waals surface area contributed by atoms with Gasteiger partial charge in [-0.25, -0.2) is 0 Å². The van der Waals surface area contributed by atoms with Gasteiger partial charge in [-0.2, -0.15) is 0 Å². The highest BCUT2D eigenvalue weighted by Crippen LogP contribution is 2.18. The minimum atomic E-state index is -0.509. The van der Waals surface area contributed by atoms with Crippen molar-refractivity contribution in [1.82, 2.24) is 0 Å². The number of hydrogen-bond donors (Lipinski definition) is 3. The molecule has 4 nitrogen and oxygen atoms in total. The van der Waals surface area contributed by atoms with Crippen molar-refractivity contribution in [2.45, 2.75) is 12.5 Å². The van der Waals surface area contributed by atoms with E-state index >= 15 is 0 Å².